The van der Waals surface area contributed by atoms with Gasteiger partial charge in [0.2, 0.25) is 5.91 Å². The van der Waals surface area contributed by atoms with Crippen LogP contribution in [0.3, 0.4) is 0 Å². The number of rotatable bonds is 17. The van der Waals surface area contributed by atoms with Crippen molar-refractivity contribution in [3.63, 3.8) is 0 Å². The molecule has 3 heteroatoms. The van der Waals surface area contributed by atoms with Crippen molar-refractivity contribution in [1.82, 2.24) is 5.06 Å². The highest BCUT2D eigenvalue weighted by atomic mass is 16.7. The minimum atomic E-state index is 0.173. The van der Waals surface area contributed by atoms with Gasteiger partial charge in [-0.3, -0.25) is 9.63 Å². The van der Waals surface area contributed by atoms with E-state index >= 15 is 0 Å². The zero-order valence-corrected chi connectivity index (χ0v) is 16.2. The molecule has 0 aromatic carbocycles. The molecule has 0 radical (unpaired) electrons. The van der Waals surface area contributed by atoms with Crippen molar-refractivity contribution in [2.45, 2.75) is 116 Å². The van der Waals surface area contributed by atoms with Gasteiger partial charge >= 0.3 is 0 Å². The van der Waals surface area contributed by atoms with Gasteiger partial charge in [-0.2, -0.15) is 0 Å². The van der Waals surface area contributed by atoms with Crippen molar-refractivity contribution < 1.29 is 9.63 Å². The van der Waals surface area contributed by atoms with Crippen molar-refractivity contribution in [2.24, 2.45) is 0 Å². The molecular weight excluding hydrogens is 298 g/mol. The first-order chi connectivity index (χ1) is 11.8. The third-order valence-corrected chi connectivity index (χ3v) is 5.06. The molecule has 0 saturated carbocycles. The molecule has 1 rings (SSSR count). The highest BCUT2D eigenvalue weighted by Gasteiger charge is 2.20. The highest BCUT2D eigenvalue weighted by molar-refractivity contribution is 5.75. The Morgan fingerprint density at radius 3 is 1.42 bits per heavy atom. The van der Waals surface area contributed by atoms with Gasteiger partial charge in [0.15, 0.2) is 0 Å². The summed E-state index contributed by atoms with van der Waals surface area (Å²) in [5.41, 5.74) is 0. The number of carbonyl (C=O) groups excluding carboxylic acids is 1. The van der Waals surface area contributed by atoms with Crippen molar-refractivity contribution in [2.75, 3.05) is 13.2 Å². The lowest BCUT2D eigenvalue weighted by molar-refractivity contribution is -0.239. The summed E-state index contributed by atoms with van der Waals surface area (Å²) in [6.45, 7) is 3.79. The van der Waals surface area contributed by atoms with E-state index in [4.69, 9.17) is 4.84 Å². The summed E-state index contributed by atoms with van der Waals surface area (Å²) in [5.74, 6) is 0.173. The predicted molar refractivity (Wildman–Crippen MR) is 102 cm³/mol. The first-order valence-corrected chi connectivity index (χ1v) is 10.8. The number of hydrogen-bond donors (Lipinski definition) is 0. The topological polar surface area (TPSA) is 29.5 Å². The Bertz CT molecular complexity index is 290. The van der Waals surface area contributed by atoms with Crippen LogP contribution in [0.5, 0.6) is 0 Å². The number of carbonyl (C=O) groups is 1. The van der Waals surface area contributed by atoms with Crippen molar-refractivity contribution in [3.05, 3.63) is 0 Å². The van der Waals surface area contributed by atoms with Gasteiger partial charge in [-0.25, -0.2) is 5.06 Å². The quantitative estimate of drug-likeness (QED) is 0.286. The predicted octanol–water partition coefficient (Wildman–Crippen LogP) is 6.41. The fourth-order valence-corrected chi connectivity index (χ4v) is 3.33. The number of hydrogen-bond acceptors (Lipinski definition) is 2. The van der Waals surface area contributed by atoms with Gasteiger partial charge in [-0.05, 0) is 6.42 Å². The summed E-state index contributed by atoms with van der Waals surface area (Å²) in [6.07, 6.45) is 22.6. The first-order valence-electron chi connectivity index (χ1n) is 10.8. The average Bonchev–Trinajstić information content (AvgIpc) is 2.53. The summed E-state index contributed by atoms with van der Waals surface area (Å²) in [4.78, 5) is 16.6. The fraction of sp³-hybridized carbons (Fsp3) is 0.952. The van der Waals surface area contributed by atoms with Crippen LogP contribution in [-0.2, 0) is 9.63 Å². The smallest absolute Gasteiger partial charge is 0.246 e. The van der Waals surface area contributed by atoms with Gasteiger partial charge in [0.1, 0.15) is 0 Å². The van der Waals surface area contributed by atoms with E-state index in [1.165, 1.54) is 101 Å². The van der Waals surface area contributed by atoms with Crippen molar-refractivity contribution in [1.29, 1.82) is 0 Å². The molecule has 0 aliphatic carbocycles. The van der Waals surface area contributed by atoms with E-state index in [2.05, 4.69) is 6.92 Å². The van der Waals surface area contributed by atoms with Crippen LogP contribution in [0.25, 0.3) is 0 Å². The molecule has 3 nitrogen and oxygen atoms in total. The second-order valence-electron chi connectivity index (χ2n) is 7.38. The average molecular weight is 340 g/mol. The second-order valence-corrected chi connectivity index (χ2v) is 7.38. The summed E-state index contributed by atoms with van der Waals surface area (Å²) in [5, 5.41) is 1.51. The number of amides is 1. The van der Waals surface area contributed by atoms with E-state index in [1.807, 2.05) is 0 Å². The van der Waals surface area contributed by atoms with Crippen LogP contribution in [-0.4, -0.2) is 24.1 Å². The molecule has 1 heterocycles. The Balaban J connectivity index is 1.67. The van der Waals surface area contributed by atoms with E-state index < -0.39 is 0 Å². The maximum atomic E-state index is 11.6. The van der Waals surface area contributed by atoms with Crippen LogP contribution >= 0.6 is 0 Å². The Labute approximate surface area is 150 Å². The molecule has 142 valence electrons. The monoisotopic (exact) mass is 339 g/mol. The molecule has 1 amide bonds. The largest absolute Gasteiger partial charge is 0.273 e. The van der Waals surface area contributed by atoms with E-state index in [0.717, 1.165) is 13.0 Å². The van der Waals surface area contributed by atoms with Crippen molar-refractivity contribution >= 4 is 5.91 Å². The van der Waals surface area contributed by atoms with E-state index in [9.17, 15) is 4.79 Å². The SMILES string of the molecule is CCCCCCCCCCCCCCCCCCC(=O)N1CCO1. The van der Waals surface area contributed by atoms with E-state index in [0.29, 0.717) is 13.0 Å². The Morgan fingerprint density at radius 1 is 0.708 bits per heavy atom. The van der Waals surface area contributed by atoms with Gasteiger partial charge in [-0.15, -0.1) is 0 Å². The molecule has 24 heavy (non-hydrogen) atoms. The number of nitrogens with zero attached hydrogens (tertiary/aromatic N) is 1. The van der Waals surface area contributed by atoms with Crippen LogP contribution in [0, 0.1) is 0 Å². The number of unbranched alkanes of at least 4 members (excludes halogenated alkanes) is 15. The lowest BCUT2D eigenvalue weighted by Gasteiger charge is -2.29. The highest BCUT2D eigenvalue weighted by Crippen LogP contribution is 2.14. The molecule has 1 aliphatic heterocycles. The molecule has 0 N–H and O–H groups in total. The van der Waals surface area contributed by atoms with Crippen LogP contribution < -0.4 is 0 Å². The standard InChI is InChI=1S/C21H41NO2/c1-2-3-4-5-6-7-8-9-10-11-12-13-14-15-16-17-18-21(23)22-19-20-24-22/h2-20H2,1H3. The molecule has 0 aromatic heterocycles. The van der Waals surface area contributed by atoms with Crippen LogP contribution in [0.15, 0.2) is 0 Å². The summed E-state index contributed by atoms with van der Waals surface area (Å²) in [6, 6.07) is 0. The molecule has 0 aromatic rings. The third-order valence-electron chi connectivity index (χ3n) is 5.06. The van der Waals surface area contributed by atoms with Gasteiger partial charge < -0.3 is 0 Å². The molecule has 1 saturated heterocycles. The van der Waals surface area contributed by atoms with Gasteiger partial charge in [-0.1, -0.05) is 103 Å². The number of hydroxylamine groups is 2. The summed E-state index contributed by atoms with van der Waals surface area (Å²) < 4.78 is 0. The molecule has 0 bridgehead atoms. The molecule has 0 unspecified atom stereocenters. The Kier molecular flexibility index (Phi) is 14.3. The third kappa shape index (κ3) is 11.9. The molecule has 0 spiro atoms. The molecule has 1 fully saturated rings. The second kappa shape index (κ2) is 15.9. The first kappa shape index (κ1) is 21.5. The van der Waals surface area contributed by atoms with E-state index in [1.54, 1.807) is 0 Å². The Hall–Kier alpha value is -0.570. The van der Waals surface area contributed by atoms with E-state index in [-0.39, 0.29) is 5.91 Å². The van der Waals surface area contributed by atoms with Gasteiger partial charge in [0.05, 0.1) is 13.2 Å². The molecule has 1 aliphatic rings. The summed E-state index contributed by atoms with van der Waals surface area (Å²) in [7, 11) is 0. The molecular formula is C21H41NO2. The lowest BCUT2D eigenvalue weighted by atomic mass is 10.0. The minimum absolute atomic E-state index is 0.173. The maximum absolute atomic E-state index is 11.6. The van der Waals surface area contributed by atoms with Crippen LogP contribution in [0.4, 0.5) is 0 Å². The fourth-order valence-electron chi connectivity index (χ4n) is 3.33. The van der Waals surface area contributed by atoms with Crippen molar-refractivity contribution in [3.8, 4) is 0 Å². The van der Waals surface area contributed by atoms with Crippen LogP contribution in [0.2, 0.25) is 0 Å². The minimum Gasteiger partial charge on any atom is -0.273 e. The van der Waals surface area contributed by atoms with Crippen LogP contribution in [0.1, 0.15) is 116 Å². The maximum Gasteiger partial charge on any atom is 0.246 e. The molecule has 0 atom stereocenters. The summed E-state index contributed by atoms with van der Waals surface area (Å²) >= 11 is 0. The van der Waals surface area contributed by atoms with Gasteiger partial charge in [0.25, 0.3) is 0 Å². The lowest BCUT2D eigenvalue weighted by Crippen LogP contribution is -2.43. The van der Waals surface area contributed by atoms with Gasteiger partial charge in [0, 0.05) is 6.42 Å². The zero-order chi connectivity index (χ0) is 17.3. The zero-order valence-electron chi connectivity index (χ0n) is 16.2. The normalized spacial score (nSPS) is 14.0. The Morgan fingerprint density at radius 2 is 1.08 bits per heavy atom.